The Bertz CT molecular complexity index is 1500. The van der Waals surface area contributed by atoms with Crippen LogP contribution in [0.15, 0.2) is 48.8 Å². The first kappa shape index (κ1) is 21.8. The monoisotopic (exact) mass is 480 g/mol. The average Bonchev–Trinajstić information content (AvgIpc) is 3.50. The molecular weight excluding hydrogens is 460 g/mol. The van der Waals surface area contributed by atoms with Gasteiger partial charge < -0.3 is 4.90 Å². The highest BCUT2D eigenvalue weighted by atomic mass is 19.4. The summed E-state index contributed by atoms with van der Waals surface area (Å²) in [5, 5.41) is 4.34. The van der Waals surface area contributed by atoms with Crippen molar-refractivity contribution in [2.24, 2.45) is 7.05 Å². The van der Waals surface area contributed by atoms with Gasteiger partial charge in [-0.2, -0.15) is 18.3 Å². The van der Waals surface area contributed by atoms with Crippen LogP contribution in [0.2, 0.25) is 0 Å². The summed E-state index contributed by atoms with van der Waals surface area (Å²) in [6.07, 6.45) is 0.412. The zero-order valence-corrected chi connectivity index (χ0v) is 18.7. The number of benzene rings is 2. The third kappa shape index (κ3) is 3.66. The molecule has 9 heteroatoms. The van der Waals surface area contributed by atoms with Crippen molar-refractivity contribution in [1.82, 2.24) is 19.7 Å². The van der Waals surface area contributed by atoms with Gasteiger partial charge in [-0.3, -0.25) is 14.5 Å². The smallest absolute Gasteiger partial charge is 0.328 e. The summed E-state index contributed by atoms with van der Waals surface area (Å²) in [5.41, 5.74) is 2.45. The molecule has 6 rings (SSSR count). The summed E-state index contributed by atoms with van der Waals surface area (Å²) >= 11 is 0. The van der Waals surface area contributed by atoms with E-state index >= 15 is 4.39 Å². The summed E-state index contributed by atoms with van der Waals surface area (Å²) < 4.78 is 57.6. The number of aromatic nitrogens is 3. The van der Waals surface area contributed by atoms with E-state index in [0.717, 1.165) is 24.5 Å². The van der Waals surface area contributed by atoms with Gasteiger partial charge in [0.25, 0.3) is 5.91 Å². The molecule has 0 radical (unpaired) electrons. The molecular formula is C26H20F4N4O. The fourth-order valence-electron chi connectivity index (χ4n) is 4.94. The maximum Gasteiger partial charge on any atom is 0.418 e. The van der Waals surface area contributed by atoms with Crippen molar-refractivity contribution in [2.45, 2.75) is 38.0 Å². The van der Waals surface area contributed by atoms with Crippen molar-refractivity contribution < 1.29 is 22.4 Å². The van der Waals surface area contributed by atoms with Gasteiger partial charge in [-0.15, -0.1) is 0 Å². The van der Waals surface area contributed by atoms with Crippen molar-refractivity contribution in [3.8, 4) is 11.1 Å². The van der Waals surface area contributed by atoms with E-state index in [1.54, 1.807) is 30.3 Å². The minimum absolute atomic E-state index is 0.114. The second kappa shape index (κ2) is 7.63. The van der Waals surface area contributed by atoms with E-state index in [4.69, 9.17) is 0 Å². The van der Waals surface area contributed by atoms with E-state index in [9.17, 15) is 18.0 Å². The molecule has 0 spiro atoms. The van der Waals surface area contributed by atoms with Crippen molar-refractivity contribution in [3.63, 3.8) is 0 Å². The Balaban J connectivity index is 1.43. The van der Waals surface area contributed by atoms with Gasteiger partial charge in [0.15, 0.2) is 0 Å². The maximum absolute atomic E-state index is 15.6. The molecule has 1 saturated carbocycles. The number of aryl methyl sites for hydroxylation is 1. The van der Waals surface area contributed by atoms with Crippen LogP contribution < -0.4 is 0 Å². The topological polar surface area (TPSA) is 51.0 Å². The number of alkyl halides is 3. The van der Waals surface area contributed by atoms with Gasteiger partial charge in [-0.25, -0.2) is 4.39 Å². The van der Waals surface area contributed by atoms with Gasteiger partial charge >= 0.3 is 6.18 Å². The Morgan fingerprint density at radius 3 is 2.63 bits per heavy atom. The minimum Gasteiger partial charge on any atom is -0.328 e. The second-order valence-corrected chi connectivity index (χ2v) is 9.18. The van der Waals surface area contributed by atoms with Crippen LogP contribution in [0.5, 0.6) is 0 Å². The van der Waals surface area contributed by atoms with Crippen LogP contribution in [0.3, 0.4) is 0 Å². The molecule has 0 atom stereocenters. The molecule has 1 aliphatic carbocycles. The Kier molecular flexibility index (Phi) is 4.74. The molecule has 1 fully saturated rings. The molecule has 0 unspecified atom stereocenters. The van der Waals surface area contributed by atoms with E-state index < -0.39 is 17.6 Å². The normalized spacial score (nSPS) is 15.8. The molecule has 2 aromatic heterocycles. The number of pyridine rings is 1. The molecule has 0 N–H and O–H groups in total. The summed E-state index contributed by atoms with van der Waals surface area (Å²) in [6.45, 7) is 0.429. The van der Waals surface area contributed by atoms with Crippen LogP contribution >= 0.6 is 0 Å². The number of amides is 1. The van der Waals surface area contributed by atoms with E-state index in [1.165, 1.54) is 23.0 Å². The van der Waals surface area contributed by atoms with Gasteiger partial charge in [0, 0.05) is 36.9 Å². The van der Waals surface area contributed by atoms with Crippen LogP contribution in [-0.4, -0.2) is 25.6 Å². The Labute approximate surface area is 198 Å². The standard InChI is InChI=1S/C26H20F4N4O/c1-33-11-20-16(6-7-21(24(20)32-33)26(28,29)30)15-9-18(14-4-5-14)19(22(27)10-15)12-34-13-23-17(25(34)35)3-2-8-31-23/h2-3,6-11,14H,4-5,12-13H2,1H3. The lowest BCUT2D eigenvalue weighted by atomic mass is 9.93. The molecule has 2 aliphatic rings. The van der Waals surface area contributed by atoms with Crippen LogP contribution in [0, 0.1) is 5.82 Å². The lowest BCUT2D eigenvalue weighted by Gasteiger charge is -2.20. The van der Waals surface area contributed by atoms with Gasteiger partial charge in [0.2, 0.25) is 0 Å². The first-order chi connectivity index (χ1) is 16.7. The van der Waals surface area contributed by atoms with Crippen molar-refractivity contribution >= 4 is 16.8 Å². The lowest BCUT2D eigenvalue weighted by Crippen LogP contribution is -2.24. The number of rotatable bonds is 4. The van der Waals surface area contributed by atoms with E-state index in [-0.39, 0.29) is 23.9 Å². The lowest BCUT2D eigenvalue weighted by molar-refractivity contribution is -0.136. The zero-order valence-electron chi connectivity index (χ0n) is 18.7. The number of nitrogens with zero attached hydrogens (tertiary/aromatic N) is 4. The van der Waals surface area contributed by atoms with Gasteiger partial charge in [0.05, 0.1) is 23.4 Å². The van der Waals surface area contributed by atoms with Gasteiger partial charge in [0.1, 0.15) is 11.3 Å². The fraction of sp³-hybridized carbons (Fsp3) is 0.269. The Morgan fingerprint density at radius 2 is 1.91 bits per heavy atom. The maximum atomic E-state index is 15.6. The first-order valence-corrected chi connectivity index (χ1v) is 11.3. The Hall–Kier alpha value is -3.75. The summed E-state index contributed by atoms with van der Waals surface area (Å²) in [7, 11) is 1.56. The van der Waals surface area contributed by atoms with E-state index in [1.807, 2.05) is 6.07 Å². The number of halogens is 4. The molecule has 1 aliphatic heterocycles. The molecule has 178 valence electrons. The van der Waals surface area contributed by atoms with Gasteiger partial charge in [-0.1, -0.05) is 12.1 Å². The molecule has 4 aromatic rings. The van der Waals surface area contributed by atoms with Crippen molar-refractivity contribution in [1.29, 1.82) is 0 Å². The molecule has 0 saturated heterocycles. The second-order valence-electron chi connectivity index (χ2n) is 9.18. The fourth-order valence-corrected chi connectivity index (χ4v) is 4.94. The zero-order chi connectivity index (χ0) is 24.5. The molecule has 3 heterocycles. The average molecular weight is 480 g/mol. The van der Waals surface area contributed by atoms with E-state index in [0.29, 0.717) is 39.9 Å². The minimum atomic E-state index is -4.55. The predicted molar refractivity (Wildman–Crippen MR) is 121 cm³/mol. The largest absolute Gasteiger partial charge is 0.418 e. The number of carbonyl (C=O) groups excluding carboxylic acids is 1. The highest BCUT2D eigenvalue weighted by Gasteiger charge is 2.35. The third-order valence-corrected chi connectivity index (χ3v) is 6.75. The summed E-state index contributed by atoms with van der Waals surface area (Å²) in [4.78, 5) is 18.7. The Morgan fingerprint density at radius 1 is 1.11 bits per heavy atom. The molecule has 1 amide bonds. The first-order valence-electron chi connectivity index (χ1n) is 11.3. The van der Waals surface area contributed by atoms with Crippen LogP contribution in [-0.2, 0) is 26.3 Å². The highest BCUT2D eigenvalue weighted by Crippen LogP contribution is 2.45. The van der Waals surface area contributed by atoms with Crippen LogP contribution in [0.25, 0.3) is 22.0 Å². The molecule has 5 nitrogen and oxygen atoms in total. The highest BCUT2D eigenvalue weighted by molar-refractivity contribution is 5.98. The van der Waals surface area contributed by atoms with Crippen LogP contribution in [0.4, 0.5) is 17.6 Å². The number of fused-ring (bicyclic) bond motifs is 2. The summed E-state index contributed by atoms with van der Waals surface area (Å²) in [6, 6.07) is 9.01. The quantitative estimate of drug-likeness (QED) is 0.346. The third-order valence-electron chi connectivity index (χ3n) is 6.75. The van der Waals surface area contributed by atoms with Crippen molar-refractivity contribution in [3.05, 3.63) is 82.6 Å². The summed E-state index contributed by atoms with van der Waals surface area (Å²) in [5.74, 6) is -0.493. The van der Waals surface area contributed by atoms with Gasteiger partial charge in [-0.05, 0) is 59.7 Å². The number of hydrogen-bond acceptors (Lipinski definition) is 3. The number of carbonyl (C=O) groups is 1. The molecule has 35 heavy (non-hydrogen) atoms. The van der Waals surface area contributed by atoms with Crippen LogP contribution in [0.1, 0.15) is 51.5 Å². The molecule has 0 bridgehead atoms. The predicted octanol–water partition coefficient (Wildman–Crippen LogP) is 5.83. The van der Waals surface area contributed by atoms with E-state index in [2.05, 4.69) is 10.1 Å². The number of hydrogen-bond donors (Lipinski definition) is 0. The van der Waals surface area contributed by atoms with Crippen molar-refractivity contribution in [2.75, 3.05) is 0 Å². The molecule has 2 aromatic carbocycles. The SMILES string of the molecule is Cn1cc2c(-c3cc(F)c(CN4Cc5ncccc5C4=O)c(C4CC4)c3)ccc(C(F)(F)F)c2n1.